The van der Waals surface area contributed by atoms with Crippen molar-refractivity contribution in [3.8, 4) is 28.5 Å². The third-order valence-corrected chi connectivity index (χ3v) is 4.92. The number of hydrogen-bond donors (Lipinski definition) is 1. The maximum absolute atomic E-state index is 12.5. The van der Waals surface area contributed by atoms with Crippen LogP contribution in [0.25, 0.3) is 11.3 Å². The highest BCUT2D eigenvalue weighted by Crippen LogP contribution is 2.37. The molecular formula is C20H20N2O4S. The van der Waals surface area contributed by atoms with E-state index < -0.39 is 0 Å². The molecule has 0 saturated heterocycles. The van der Waals surface area contributed by atoms with Crippen LogP contribution in [0.4, 0.5) is 5.13 Å². The van der Waals surface area contributed by atoms with Gasteiger partial charge in [-0.05, 0) is 43.3 Å². The van der Waals surface area contributed by atoms with E-state index in [-0.39, 0.29) is 5.91 Å². The minimum absolute atomic E-state index is 0.223. The second-order valence-electron chi connectivity index (χ2n) is 5.67. The molecule has 0 aliphatic rings. The molecule has 0 aliphatic carbocycles. The predicted molar refractivity (Wildman–Crippen MR) is 106 cm³/mol. The van der Waals surface area contributed by atoms with E-state index in [2.05, 4.69) is 10.3 Å². The van der Waals surface area contributed by atoms with Gasteiger partial charge >= 0.3 is 0 Å². The molecule has 3 aromatic rings. The Morgan fingerprint density at radius 2 is 1.63 bits per heavy atom. The average Bonchev–Trinajstić information content (AvgIpc) is 3.07. The van der Waals surface area contributed by atoms with Crippen LogP contribution in [0.2, 0.25) is 0 Å². The second kappa shape index (κ2) is 8.09. The SMILES string of the molecule is COc1ccc(C(=O)Nc2nc(-c3ccc(OC)cc3OC)c(C)s2)cc1. The Bertz CT molecular complexity index is 951. The van der Waals surface area contributed by atoms with Gasteiger partial charge in [-0.3, -0.25) is 10.1 Å². The highest BCUT2D eigenvalue weighted by molar-refractivity contribution is 7.16. The smallest absolute Gasteiger partial charge is 0.257 e. The Balaban J connectivity index is 1.85. The number of benzene rings is 2. The summed E-state index contributed by atoms with van der Waals surface area (Å²) in [7, 11) is 4.80. The van der Waals surface area contributed by atoms with Crippen molar-refractivity contribution in [1.29, 1.82) is 0 Å². The topological polar surface area (TPSA) is 69.7 Å². The van der Waals surface area contributed by atoms with Crippen LogP contribution in [0.5, 0.6) is 17.2 Å². The summed E-state index contributed by atoms with van der Waals surface area (Å²) in [6.45, 7) is 1.96. The summed E-state index contributed by atoms with van der Waals surface area (Å²) in [5.41, 5.74) is 2.15. The van der Waals surface area contributed by atoms with Gasteiger partial charge in [-0.25, -0.2) is 4.98 Å². The maximum atomic E-state index is 12.5. The van der Waals surface area contributed by atoms with Gasteiger partial charge < -0.3 is 14.2 Å². The molecule has 0 unspecified atom stereocenters. The summed E-state index contributed by atoms with van der Waals surface area (Å²) in [4.78, 5) is 18.0. The summed E-state index contributed by atoms with van der Waals surface area (Å²) < 4.78 is 15.8. The van der Waals surface area contributed by atoms with Crippen LogP contribution in [0, 0.1) is 6.92 Å². The van der Waals surface area contributed by atoms with Gasteiger partial charge in [-0.1, -0.05) is 0 Å². The highest BCUT2D eigenvalue weighted by atomic mass is 32.1. The molecule has 0 fully saturated rings. The number of thiazole rings is 1. The zero-order valence-electron chi connectivity index (χ0n) is 15.5. The fraction of sp³-hybridized carbons (Fsp3) is 0.200. The summed E-state index contributed by atoms with van der Waals surface area (Å²) in [6, 6.07) is 12.5. The summed E-state index contributed by atoms with van der Waals surface area (Å²) in [5, 5.41) is 3.38. The van der Waals surface area contributed by atoms with Gasteiger partial charge in [0.2, 0.25) is 0 Å². The monoisotopic (exact) mass is 384 g/mol. The van der Waals surface area contributed by atoms with Crippen molar-refractivity contribution in [1.82, 2.24) is 4.98 Å². The molecule has 0 saturated carbocycles. The Labute approximate surface area is 161 Å². The lowest BCUT2D eigenvalue weighted by Gasteiger charge is -2.09. The number of aromatic nitrogens is 1. The van der Waals surface area contributed by atoms with E-state index in [1.165, 1.54) is 11.3 Å². The first kappa shape index (κ1) is 18.7. The van der Waals surface area contributed by atoms with Crippen molar-refractivity contribution in [2.45, 2.75) is 6.92 Å². The molecule has 0 aliphatic heterocycles. The molecule has 0 spiro atoms. The molecule has 6 nitrogen and oxygen atoms in total. The van der Waals surface area contributed by atoms with E-state index in [4.69, 9.17) is 14.2 Å². The Kier molecular flexibility index (Phi) is 5.61. The van der Waals surface area contributed by atoms with Crippen LogP contribution < -0.4 is 19.5 Å². The van der Waals surface area contributed by atoms with E-state index in [0.29, 0.717) is 27.9 Å². The normalized spacial score (nSPS) is 10.4. The standard InChI is InChI=1S/C20H20N2O4S/c1-12-18(16-10-9-15(25-3)11-17(16)26-4)21-20(27-12)22-19(23)13-5-7-14(24-2)8-6-13/h5-11H,1-4H3,(H,21,22,23). The molecule has 140 valence electrons. The van der Waals surface area contributed by atoms with Crippen LogP contribution in [-0.2, 0) is 0 Å². The van der Waals surface area contributed by atoms with Gasteiger partial charge in [0.1, 0.15) is 17.2 Å². The molecule has 3 rings (SSSR count). The number of hydrogen-bond acceptors (Lipinski definition) is 6. The van der Waals surface area contributed by atoms with Gasteiger partial charge in [0, 0.05) is 22.1 Å². The number of nitrogens with zero attached hydrogens (tertiary/aromatic N) is 1. The number of carbonyl (C=O) groups excluding carboxylic acids is 1. The van der Waals surface area contributed by atoms with Gasteiger partial charge in [0.05, 0.1) is 27.0 Å². The van der Waals surface area contributed by atoms with E-state index in [0.717, 1.165) is 16.1 Å². The van der Waals surface area contributed by atoms with E-state index in [9.17, 15) is 4.79 Å². The number of rotatable bonds is 6. The fourth-order valence-electron chi connectivity index (χ4n) is 2.61. The van der Waals surface area contributed by atoms with E-state index in [1.54, 1.807) is 45.6 Å². The van der Waals surface area contributed by atoms with Crippen LogP contribution >= 0.6 is 11.3 Å². The molecule has 27 heavy (non-hydrogen) atoms. The number of amides is 1. The number of methoxy groups -OCH3 is 3. The van der Waals surface area contributed by atoms with Gasteiger partial charge in [-0.2, -0.15) is 0 Å². The summed E-state index contributed by atoms with van der Waals surface area (Å²) in [6.07, 6.45) is 0. The first-order valence-corrected chi connectivity index (χ1v) is 9.02. The minimum atomic E-state index is -0.223. The molecule has 0 atom stereocenters. The summed E-state index contributed by atoms with van der Waals surface area (Å²) >= 11 is 1.41. The zero-order chi connectivity index (χ0) is 19.4. The Morgan fingerprint density at radius 1 is 0.963 bits per heavy atom. The van der Waals surface area contributed by atoms with Crippen molar-refractivity contribution in [3.63, 3.8) is 0 Å². The van der Waals surface area contributed by atoms with Crippen LogP contribution in [-0.4, -0.2) is 32.2 Å². The van der Waals surface area contributed by atoms with Gasteiger partial charge in [-0.15, -0.1) is 11.3 Å². The molecule has 0 radical (unpaired) electrons. The molecular weight excluding hydrogens is 364 g/mol. The molecule has 1 heterocycles. The van der Waals surface area contributed by atoms with Crippen molar-refractivity contribution in [2.24, 2.45) is 0 Å². The molecule has 0 bridgehead atoms. The summed E-state index contributed by atoms with van der Waals surface area (Å²) in [5.74, 6) is 1.84. The van der Waals surface area contributed by atoms with Gasteiger partial charge in [0.15, 0.2) is 5.13 Å². The first-order chi connectivity index (χ1) is 13.0. The largest absolute Gasteiger partial charge is 0.497 e. The Hall–Kier alpha value is -3.06. The molecule has 2 aromatic carbocycles. The van der Waals surface area contributed by atoms with Crippen molar-refractivity contribution in [2.75, 3.05) is 26.6 Å². The number of carbonyl (C=O) groups is 1. The predicted octanol–water partition coefficient (Wildman–Crippen LogP) is 4.40. The first-order valence-electron chi connectivity index (χ1n) is 8.21. The van der Waals surface area contributed by atoms with Crippen LogP contribution in [0.1, 0.15) is 15.2 Å². The second-order valence-corrected chi connectivity index (χ2v) is 6.88. The van der Waals surface area contributed by atoms with Gasteiger partial charge in [0.25, 0.3) is 5.91 Å². The zero-order valence-corrected chi connectivity index (χ0v) is 16.3. The Morgan fingerprint density at radius 3 is 2.26 bits per heavy atom. The average molecular weight is 384 g/mol. The number of ether oxygens (including phenoxy) is 3. The molecule has 1 amide bonds. The molecule has 7 heteroatoms. The van der Waals surface area contributed by atoms with Crippen LogP contribution in [0.15, 0.2) is 42.5 Å². The number of aryl methyl sites for hydroxylation is 1. The minimum Gasteiger partial charge on any atom is -0.497 e. The lowest BCUT2D eigenvalue weighted by atomic mass is 10.1. The molecule has 1 aromatic heterocycles. The lowest BCUT2D eigenvalue weighted by Crippen LogP contribution is -2.11. The number of anilines is 1. The fourth-order valence-corrected chi connectivity index (χ4v) is 3.43. The number of nitrogens with one attached hydrogen (secondary N) is 1. The van der Waals surface area contributed by atoms with E-state index >= 15 is 0 Å². The van der Waals surface area contributed by atoms with Crippen molar-refractivity contribution in [3.05, 3.63) is 52.9 Å². The third-order valence-electron chi connectivity index (χ3n) is 4.03. The van der Waals surface area contributed by atoms with E-state index in [1.807, 2.05) is 25.1 Å². The third kappa shape index (κ3) is 4.03. The maximum Gasteiger partial charge on any atom is 0.257 e. The highest BCUT2D eigenvalue weighted by Gasteiger charge is 2.17. The lowest BCUT2D eigenvalue weighted by molar-refractivity contribution is 0.102. The van der Waals surface area contributed by atoms with Crippen molar-refractivity contribution >= 4 is 22.4 Å². The quantitative estimate of drug-likeness (QED) is 0.682. The van der Waals surface area contributed by atoms with Crippen LogP contribution in [0.3, 0.4) is 0 Å². The molecule has 1 N–H and O–H groups in total. The van der Waals surface area contributed by atoms with Crippen molar-refractivity contribution < 1.29 is 19.0 Å².